The highest BCUT2D eigenvalue weighted by Gasteiger charge is 2.31. The van der Waals surface area contributed by atoms with Gasteiger partial charge in [-0.2, -0.15) is 0 Å². The average Bonchev–Trinajstić information content (AvgIpc) is 2.88. The molecule has 4 rings (SSSR count). The van der Waals surface area contributed by atoms with Crippen molar-refractivity contribution in [1.29, 1.82) is 0 Å². The second-order valence-electron chi connectivity index (χ2n) is 8.35. The summed E-state index contributed by atoms with van der Waals surface area (Å²) in [4.78, 5) is 31.6. The molecule has 182 valence electrons. The fourth-order valence-corrected chi connectivity index (χ4v) is 4.46. The summed E-state index contributed by atoms with van der Waals surface area (Å²) in [6, 6.07) is 11.3. The number of benzene rings is 2. The molecule has 0 aromatic heterocycles. The first-order chi connectivity index (χ1) is 16.5. The van der Waals surface area contributed by atoms with Gasteiger partial charge in [-0.1, -0.05) is 18.2 Å². The lowest BCUT2D eigenvalue weighted by molar-refractivity contribution is -0.0401. The van der Waals surface area contributed by atoms with Crippen LogP contribution in [0.1, 0.15) is 20.7 Å². The SMILES string of the molecule is COc1cccc(OC)c1C(=O)N1CCN(C[C@@H]2CN(C(=O)c3ccccc3F)CCO2)CC1. The standard InChI is InChI=1S/C25H30FN3O5/c1-32-21-8-5-9-22(33-2)23(21)25(31)28-12-10-27(11-13-28)16-18-17-29(14-15-34-18)24(30)19-6-3-4-7-20(19)26/h3-9,18H,10-17H2,1-2H3/t18-/m1/s1. The monoisotopic (exact) mass is 471 g/mol. The Labute approximate surface area is 198 Å². The Morgan fingerprint density at radius 2 is 1.59 bits per heavy atom. The number of halogens is 1. The molecule has 0 N–H and O–H groups in total. The molecule has 0 radical (unpaired) electrons. The minimum Gasteiger partial charge on any atom is -0.496 e. The second kappa shape index (κ2) is 10.8. The highest BCUT2D eigenvalue weighted by molar-refractivity contribution is 5.99. The van der Waals surface area contributed by atoms with Crippen molar-refractivity contribution >= 4 is 11.8 Å². The first-order valence-electron chi connectivity index (χ1n) is 11.4. The van der Waals surface area contributed by atoms with Crippen molar-refractivity contribution in [3.63, 3.8) is 0 Å². The number of ether oxygens (including phenoxy) is 3. The summed E-state index contributed by atoms with van der Waals surface area (Å²) in [5.74, 6) is 0.0316. The van der Waals surface area contributed by atoms with Gasteiger partial charge in [0.2, 0.25) is 0 Å². The van der Waals surface area contributed by atoms with E-state index in [9.17, 15) is 14.0 Å². The normalized spacial score (nSPS) is 19.1. The summed E-state index contributed by atoms with van der Waals surface area (Å²) in [5.41, 5.74) is 0.515. The molecular weight excluding hydrogens is 441 g/mol. The zero-order valence-corrected chi connectivity index (χ0v) is 19.5. The zero-order valence-electron chi connectivity index (χ0n) is 19.5. The molecule has 2 aromatic carbocycles. The van der Waals surface area contributed by atoms with Crippen LogP contribution in [-0.4, -0.2) is 99.3 Å². The summed E-state index contributed by atoms with van der Waals surface area (Å²) in [6.45, 7) is 4.39. The maximum absolute atomic E-state index is 14.0. The first kappa shape index (κ1) is 24.0. The van der Waals surface area contributed by atoms with Gasteiger partial charge >= 0.3 is 0 Å². The van der Waals surface area contributed by atoms with E-state index < -0.39 is 5.82 Å². The van der Waals surface area contributed by atoms with Gasteiger partial charge in [0.15, 0.2) is 0 Å². The van der Waals surface area contributed by atoms with E-state index in [-0.39, 0.29) is 23.5 Å². The Bertz CT molecular complexity index is 1000. The summed E-state index contributed by atoms with van der Waals surface area (Å²) in [7, 11) is 3.07. The van der Waals surface area contributed by atoms with E-state index in [4.69, 9.17) is 14.2 Å². The van der Waals surface area contributed by atoms with Crippen molar-refractivity contribution in [2.45, 2.75) is 6.10 Å². The van der Waals surface area contributed by atoms with E-state index in [1.807, 2.05) is 0 Å². The number of piperazine rings is 1. The Morgan fingerprint density at radius 3 is 2.24 bits per heavy atom. The Balaban J connectivity index is 1.33. The molecule has 2 aromatic rings. The Morgan fingerprint density at radius 1 is 0.912 bits per heavy atom. The van der Waals surface area contributed by atoms with Crippen LogP contribution in [0.25, 0.3) is 0 Å². The largest absolute Gasteiger partial charge is 0.496 e. The summed E-state index contributed by atoms with van der Waals surface area (Å²) in [5, 5.41) is 0. The minimum atomic E-state index is -0.511. The molecule has 0 aliphatic carbocycles. The molecule has 34 heavy (non-hydrogen) atoms. The van der Waals surface area contributed by atoms with Crippen molar-refractivity contribution in [3.8, 4) is 11.5 Å². The molecule has 0 unspecified atom stereocenters. The molecule has 0 saturated carbocycles. The van der Waals surface area contributed by atoms with Crippen molar-refractivity contribution in [2.24, 2.45) is 0 Å². The van der Waals surface area contributed by atoms with Crippen LogP contribution in [0.2, 0.25) is 0 Å². The van der Waals surface area contributed by atoms with Gasteiger partial charge in [-0.3, -0.25) is 14.5 Å². The molecule has 2 amide bonds. The topological polar surface area (TPSA) is 71.6 Å². The third-order valence-electron chi connectivity index (χ3n) is 6.29. The van der Waals surface area contributed by atoms with Crippen LogP contribution in [0.15, 0.2) is 42.5 Å². The van der Waals surface area contributed by atoms with E-state index in [1.165, 1.54) is 26.4 Å². The maximum Gasteiger partial charge on any atom is 0.261 e. The van der Waals surface area contributed by atoms with Crippen LogP contribution in [0, 0.1) is 5.82 Å². The molecular formula is C25H30FN3O5. The number of hydrogen-bond acceptors (Lipinski definition) is 6. The molecule has 1 atom stereocenters. The summed E-state index contributed by atoms with van der Waals surface area (Å²) < 4.78 is 30.7. The third kappa shape index (κ3) is 5.15. The van der Waals surface area contributed by atoms with Crippen LogP contribution < -0.4 is 9.47 Å². The number of rotatable bonds is 6. The van der Waals surface area contributed by atoms with Gasteiger partial charge in [0.25, 0.3) is 11.8 Å². The van der Waals surface area contributed by atoms with Crippen LogP contribution in [-0.2, 0) is 4.74 Å². The van der Waals surface area contributed by atoms with Crippen molar-refractivity contribution in [3.05, 3.63) is 59.4 Å². The fraction of sp³-hybridized carbons (Fsp3) is 0.440. The Hall–Kier alpha value is -3.17. The first-order valence-corrected chi connectivity index (χ1v) is 11.4. The number of morpholine rings is 1. The molecule has 2 saturated heterocycles. The van der Waals surface area contributed by atoms with Crippen LogP contribution >= 0.6 is 0 Å². The highest BCUT2D eigenvalue weighted by Crippen LogP contribution is 2.30. The lowest BCUT2D eigenvalue weighted by Crippen LogP contribution is -2.54. The van der Waals surface area contributed by atoms with Crippen molar-refractivity contribution < 1.29 is 28.2 Å². The van der Waals surface area contributed by atoms with E-state index in [2.05, 4.69) is 4.90 Å². The highest BCUT2D eigenvalue weighted by atomic mass is 19.1. The average molecular weight is 472 g/mol. The molecule has 2 fully saturated rings. The van der Waals surface area contributed by atoms with Gasteiger partial charge in [-0.05, 0) is 24.3 Å². The van der Waals surface area contributed by atoms with Crippen LogP contribution in [0.5, 0.6) is 11.5 Å². The van der Waals surface area contributed by atoms with Gasteiger partial charge in [0.1, 0.15) is 22.9 Å². The lowest BCUT2D eigenvalue weighted by atomic mass is 10.1. The number of methoxy groups -OCH3 is 2. The van der Waals surface area contributed by atoms with E-state index in [1.54, 1.807) is 40.1 Å². The third-order valence-corrected chi connectivity index (χ3v) is 6.29. The number of hydrogen-bond donors (Lipinski definition) is 0. The zero-order chi connectivity index (χ0) is 24.1. The van der Waals surface area contributed by atoms with E-state index in [0.717, 1.165) is 0 Å². The molecule has 0 bridgehead atoms. The van der Waals surface area contributed by atoms with Gasteiger partial charge < -0.3 is 24.0 Å². The molecule has 2 heterocycles. The summed E-state index contributed by atoms with van der Waals surface area (Å²) >= 11 is 0. The molecule has 0 spiro atoms. The smallest absolute Gasteiger partial charge is 0.261 e. The number of nitrogens with zero attached hydrogens (tertiary/aromatic N) is 3. The van der Waals surface area contributed by atoms with Gasteiger partial charge in [0.05, 0.1) is 32.5 Å². The van der Waals surface area contributed by atoms with Crippen LogP contribution in [0.4, 0.5) is 4.39 Å². The van der Waals surface area contributed by atoms with E-state index >= 15 is 0 Å². The van der Waals surface area contributed by atoms with Crippen molar-refractivity contribution in [1.82, 2.24) is 14.7 Å². The lowest BCUT2D eigenvalue weighted by Gasteiger charge is -2.39. The number of carbonyl (C=O) groups excluding carboxylic acids is 2. The predicted octanol–water partition coefficient (Wildman–Crippen LogP) is 2.14. The minimum absolute atomic E-state index is 0.0852. The maximum atomic E-state index is 14.0. The molecule has 2 aliphatic heterocycles. The second-order valence-corrected chi connectivity index (χ2v) is 8.35. The Kier molecular flexibility index (Phi) is 7.64. The molecule has 2 aliphatic rings. The van der Waals surface area contributed by atoms with Crippen molar-refractivity contribution in [2.75, 3.05) is 66.6 Å². The molecule has 9 heteroatoms. The summed E-state index contributed by atoms with van der Waals surface area (Å²) in [6.07, 6.45) is -0.166. The quantitative estimate of drug-likeness (QED) is 0.643. The van der Waals surface area contributed by atoms with Gasteiger partial charge in [0, 0.05) is 45.8 Å². The molecule has 8 nitrogen and oxygen atoms in total. The van der Waals surface area contributed by atoms with Gasteiger partial charge in [-0.15, -0.1) is 0 Å². The van der Waals surface area contributed by atoms with Crippen LogP contribution in [0.3, 0.4) is 0 Å². The fourth-order valence-electron chi connectivity index (χ4n) is 4.46. The number of carbonyl (C=O) groups is 2. The number of amides is 2. The predicted molar refractivity (Wildman–Crippen MR) is 124 cm³/mol. The van der Waals surface area contributed by atoms with E-state index in [0.29, 0.717) is 69.5 Å². The van der Waals surface area contributed by atoms with Gasteiger partial charge in [-0.25, -0.2) is 4.39 Å².